The number of aromatic nitrogens is 2. The average Bonchev–Trinajstić information content (AvgIpc) is 2.81. The maximum Gasteiger partial charge on any atom is 0.328 e. The summed E-state index contributed by atoms with van der Waals surface area (Å²) in [5.74, 6) is -1.47. The van der Waals surface area contributed by atoms with Gasteiger partial charge in [0, 0.05) is 49.7 Å². The quantitative estimate of drug-likeness (QED) is 0.858. The lowest BCUT2D eigenvalue weighted by Crippen LogP contribution is -2.17. The number of carboxylic acid groups (broad SMARTS) is 1. The van der Waals surface area contributed by atoms with Crippen LogP contribution in [0.3, 0.4) is 0 Å². The fourth-order valence-electron chi connectivity index (χ4n) is 2.08. The van der Waals surface area contributed by atoms with Crippen LogP contribution in [-0.4, -0.2) is 27.9 Å². The van der Waals surface area contributed by atoms with Gasteiger partial charge in [-0.25, -0.2) is 9.18 Å². The van der Waals surface area contributed by atoms with Gasteiger partial charge in [-0.3, -0.25) is 4.68 Å². The molecular weight excluding hydrogens is 273 g/mol. The van der Waals surface area contributed by atoms with Crippen LogP contribution in [0.15, 0.2) is 36.7 Å². The first-order valence-electron chi connectivity index (χ1n) is 6.35. The van der Waals surface area contributed by atoms with Gasteiger partial charge in [-0.2, -0.15) is 5.10 Å². The number of benzene rings is 1. The lowest BCUT2D eigenvalue weighted by atomic mass is 10.1. The third-order valence-corrected chi connectivity index (χ3v) is 2.98. The molecule has 0 amide bonds. The molecule has 0 bridgehead atoms. The number of halogens is 1. The summed E-state index contributed by atoms with van der Waals surface area (Å²) < 4.78 is 15.1. The number of carbonyl (C=O) groups is 1. The molecule has 0 aliphatic heterocycles. The van der Waals surface area contributed by atoms with Crippen molar-refractivity contribution < 1.29 is 14.3 Å². The van der Waals surface area contributed by atoms with Gasteiger partial charge in [-0.1, -0.05) is 0 Å². The van der Waals surface area contributed by atoms with E-state index in [1.54, 1.807) is 16.9 Å². The second-order valence-electron chi connectivity index (χ2n) is 4.75. The van der Waals surface area contributed by atoms with E-state index in [1.165, 1.54) is 18.2 Å². The highest BCUT2D eigenvalue weighted by molar-refractivity contribution is 5.87. The predicted octanol–water partition coefficient (Wildman–Crippen LogP) is 2.29. The lowest BCUT2D eigenvalue weighted by Gasteiger charge is -2.21. The first-order chi connectivity index (χ1) is 9.95. The third kappa shape index (κ3) is 3.92. The van der Waals surface area contributed by atoms with Crippen molar-refractivity contribution in [3.63, 3.8) is 0 Å². The molecule has 0 spiro atoms. The van der Waals surface area contributed by atoms with Gasteiger partial charge < -0.3 is 10.0 Å². The zero-order chi connectivity index (χ0) is 15.4. The van der Waals surface area contributed by atoms with Crippen molar-refractivity contribution in [2.45, 2.75) is 6.54 Å². The van der Waals surface area contributed by atoms with Crippen LogP contribution >= 0.6 is 0 Å². The second-order valence-corrected chi connectivity index (χ2v) is 4.75. The molecule has 2 rings (SSSR count). The molecule has 110 valence electrons. The Morgan fingerprint density at radius 3 is 2.90 bits per heavy atom. The van der Waals surface area contributed by atoms with Gasteiger partial charge in [0.05, 0.1) is 6.20 Å². The van der Waals surface area contributed by atoms with Crippen LogP contribution in [-0.2, 0) is 18.4 Å². The van der Waals surface area contributed by atoms with Gasteiger partial charge in [0.2, 0.25) is 0 Å². The Hall–Kier alpha value is -2.63. The van der Waals surface area contributed by atoms with E-state index < -0.39 is 11.8 Å². The van der Waals surface area contributed by atoms with Crippen molar-refractivity contribution >= 4 is 17.7 Å². The molecule has 21 heavy (non-hydrogen) atoms. The van der Waals surface area contributed by atoms with E-state index in [2.05, 4.69) is 5.10 Å². The van der Waals surface area contributed by atoms with Gasteiger partial charge in [0.1, 0.15) is 5.82 Å². The van der Waals surface area contributed by atoms with Gasteiger partial charge in [0.15, 0.2) is 0 Å². The minimum absolute atomic E-state index is 0.404. The number of aryl methyl sites for hydroxylation is 1. The number of hydrogen-bond acceptors (Lipinski definition) is 3. The molecular formula is C15H16FN3O2. The number of nitrogens with zero attached hydrogens (tertiary/aromatic N) is 3. The molecule has 5 nitrogen and oxygen atoms in total. The van der Waals surface area contributed by atoms with E-state index in [0.29, 0.717) is 12.1 Å². The largest absolute Gasteiger partial charge is 0.478 e. The summed E-state index contributed by atoms with van der Waals surface area (Å²) >= 11 is 0. The molecule has 1 aromatic heterocycles. The summed E-state index contributed by atoms with van der Waals surface area (Å²) in [6.45, 7) is 0.591. The first kappa shape index (κ1) is 14.8. The Balaban J connectivity index is 2.27. The first-order valence-corrected chi connectivity index (χ1v) is 6.35. The number of hydrogen-bond donors (Lipinski definition) is 1. The van der Waals surface area contributed by atoms with Crippen molar-refractivity contribution in [3.05, 3.63) is 53.6 Å². The fourth-order valence-corrected chi connectivity index (χ4v) is 2.08. The molecule has 0 aliphatic carbocycles. The van der Waals surface area contributed by atoms with Crippen LogP contribution in [0.2, 0.25) is 0 Å². The lowest BCUT2D eigenvalue weighted by molar-refractivity contribution is -0.131. The molecule has 0 saturated heterocycles. The van der Waals surface area contributed by atoms with Gasteiger partial charge in [0.25, 0.3) is 0 Å². The summed E-state index contributed by atoms with van der Waals surface area (Å²) in [7, 11) is 3.70. The molecule has 1 aromatic carbocycles. The van der Waals surface area contributed by atoms with E-state index in [9.17, 15) is 9.18 Å². The maximum atomic E-state index is 13.4. The SMILES string of the molecule is CN(Cc1cnn(C)c1)c1ccc(F)cc1C=CC(=O)O. The third-order valence-electron chi connectivity index (χ3n) is 2.98. The number of carboxylic acids is 1. The van der Waals surface area contributed by atoms with Crippen molar-refractivity contribution in [3.8, 4) is 0 Å². The Morgan fingerprint density at radius 1 is 1.52 bits per heavy atom. The minimum Gasteiger partial charge on any atom is -0.478 e. The Morgan fingerprint density at radius 2 is 2.29 bits per heavy atom. The summed E-state index contributed by atoms with van der Waals surface area (Å²) in [6, 6.07) is 4.30. The smallest absolute Gasteiger partial charge is 0.328 e. The molecule has 6 heteroatoms. The van der Waals surface area contributed by atoms with E-state index in [4.69, 9.17) is 5.11 Å². The van der Waals surface area contributed by atoms with Crippen molar-refractivity contribution in [2.75, 3.05) is 11.9 Å². The van der Waals surface area contributed by atoms with Gasteiger partial charge >= 0.3 is 5.97 Å². The number of anilines is 1. The zero-order valence-corrected chi connectivity index (χ0v) is 11.8. The highest BCUT2D eigenvalue weighted by atomic mass is 19.1. The summed E-state index contributed by atoms with van der Waals surface area (Å²) in [5, 5.41) is 12.8. The monoisotopic (exact) mass is 289 g/mol. The molecule has 0 radical (unpaired) electrons. The van der Waals surface area contributed by atoms with Crippen LogP contribution in [0.4, 0.5) is 10.1 Å². The molecule has 0 fully saturated rings. The molecule has 2 aromatic rings. The van der Waals surface area contributed by atoms with Crippen molar-refractivity contribution in [2.24, 2.45) is 7.05 Å². The standard InChI is InChI=1S/C15H16FN3O2/c1-18(9-11-8-17-19(2)10-11)14-5-4-13(16)7-12(14)3-6-15(20)21/h3-8,10H,9H2,1-2H3,(H,20,21). The van der Waals surface area contributed by atoms with Crippen LogP contribution in [0.5, 0.6) is 0 Å². The van der Waals surface area contributed by atoms with E-state index in [1.807, 2.05) is 25.2 Å². The summed E-state index contributed by atoms with van der Waals surface area (Å²) in [5.41, 5.74) is 2.28. The molecule has 0 aliphatic rings. The molecule has 1 N–H and O–H groups in total. The molecule has 0 saturated carbocycles. The Labute approximate surface area is 121 Å². The number of rotatable bonds is 5. The van der Waals surface area contributed by atoms with Crippen molar-refractivity contribution in [1.82, 2.24) is 9.78 Å². The highest BCUT2D eigenvalue weighted by Gasteiger charge is 2.09. The maximum absolute atomic E-state index is 13.4. The summed E-state index contributed by atoms with van der Waals surface area (Å²) in [6.07, 6.45) is 6.04. The zero-order valence-electron chi connectivity index (χ0n) is 11.8. The van der Waals surface area contributed by atoms with Gasteiger partial charge in [-0.15, -0.1) is 0 Å². The Bertz CT molecular complexity index is 679. The minimum atomic E-state index is -1.07. The topological polar surface area (TPSA) is 58.4 Å². The van der Waals surface area contributed by atoms with Crippen LogP contribution in [0, 0.1) is 5.82 Å². The van der Waals surface area contributed by atoms with Crippen LogP contribution < -0.4 is 4.90 Å². The van der Waals surface area contributed by atoms with E-state index >= 15 is 0 Å². The normalized spacial score (nSPS) is 11.0. The number of aliphatic carboxylic acids is 1. The highest BCUT2D eigenvalue weighted by Crippen LogP contribution is 2.23. The molecule has 0 unspecified atom stereocenters. The summed E-state index contributed by atoms with van der Waals surface area (Å²) in [4.78, 5) is 12.5. The fraction of sp³-hybridized carbons (Fsp3) is 0.200. The average molecular weight is 289 g/mol. The van der Waals surface area contributed by atoms with Crippen molar-refractivity contribution in [1.29, 1.82) is 0 Å². The predicted molar refractivity (Wildman–Crippen MR) is 78.4 cm³/mol. The van der Waals surface area contributed by atoms with Gasteiger partial charge in [-0.05, 0) is 24.3 Å². The van der Waals surface area contributed by atoms with Crippen LogP contribution in [0.25, 0.3) is 6.08 Å². The molecule has 0 atom stereocenters. The second kappa shape index (κ2) is 6.21. The Kier molecular flexibility index (Phi) is 4.37. The van der Waals surface area contributed by atoms with Crippen LogP contribution in [0.1, 0.15) is 11.1 Å². The van der Waals surface area contributed by atoms with E-state index in [0.717, 1.165) is 17.3 Å². The van der Waals surface area contributed by atoms with E-state index in [-0.39, 0.29) is 0 Å². The molecule has 1 heterocycles.